The third-order valence-electron chi connectivity index (χ3n) is 4.09. The van der Waals surface area contributed by atoms with E-state index < -0.39 is 0 Å². The van der Waals surface area contributed by atoms with Gasteiger partial charge in [0.1, 0.15) is 12.1 Å². The molecule has 3 rings (SSSR count). The van der Waals surface area contributed by atoms with Crippen molar-refractivity contribution in [2.24, 2.45) is 0 Å². The summed E-state index contributed by atoms with van der Waals surface area (Å²) in [5.41, 5.74) is 0.418. The number of carbonyl (C=O) groups is 1. The number of methoxy groups -OCH3 is 1. The fraction of sp³-hybridized carbons (Fsp3) is 0.375. The van der Waals surface area contributed by atoms with E-state index in [2.05, 4.69) is 25.2 Å². The molecule has 7 nitrogen and oxygen atoms in total. The van der Waals surface area contributed by atoms with Crippen LogP contribution in [-0.2, 0) is 4.74 Å². The highest BCUT2D eigenvalue weighted by molar-refractivity contribution is 6.33. The quantitative estimate of drug-likeness (QED) is 0.884. The molecule has 1 amide bonds. The second-order valence-corrected chi connectivity index (χ2v) is 5.94. The summed E-state index contributed by atoms with van der Waals surface area (Å²) in [6.45, 7) is 1.20. The number of halogens is 1. The van der Waals surface area contributed by atoms with Gasteiger partial charge in [0.25, 0.3) is 5.91 Å². The third-order valence-corrected chi connectivity index (χ3v) is 4.39. The number of rotatable bonds is 5. The molecule has 0 aromatic carbocycles. The van der Waals surface area contributed by atoms with E-state index in [0.717, 1.165) is 18.8 Å². The van der Waals surface area contributed by atoms with Gasteiger partial charge in [-0.25, -0.2) is 9.97 Å². The first kappa shape index (κ1) is 16.6. The van der Waals surface area contributed by atoms with E-state index in [0.29, 0.717) is 17.1 Å². The maximum atomic E-state index is 12.3. The summed E-state index contributed by atoms with van der Waals surface area (Å²) in [6.07, 6.45) is 7.14. The molecule has 2 aromatic rings. The van der Waals surface area contributed by atoms with Crippen LogP contribution in [0.25, 0.3) is 0 Å². The summed E-state index contributed by atoms with van der Waals surface area (Å²) in [4.78, 5) is 26.6. The van der Waals surface area contributed by atoms with Crippen LogP contribution in [0.15, 0.2) is 37.1 Å². The Bertz CT molecular complexity index is 700. The minimum absolute atomic E-state index is 0.0920. The molecular weight excluding hydrogens is 330 g/mol. The Morgan fingerprint density at radius 1 is 1.42 bits per heavy atom. The zero-order valence-electron chi connectivity index (χ0n) is 13.2. The Kier molecular flexibility index (Phi) is 5.22. The molecule has 24 heavy (non-hydrogen) atoms. The molecule has 1 fully saturated rings. The summed E-state index contributed by atoms with van der Waals surface area (Å²) in [6, 6.07) is 3.55. The number of hydrogen-bond acceptors (Lipinski definition) is 6. The van der Waals surface area contributed by atoms with E-state index in [-0.39, 0.29) is 18.1 Å². The van der Waals surface area contributed by atoms with Gasteiger partial charge < -0.3 is 15.0 Å². The van der Waals surface area contributed by atoms with Crippen molar-refractivity contribution in [3.8, 4) is 0 Å². The van der Waals surface area contributed by atoms with Gasteiger partial charge in [0.05, 0.1) is 22.7 Å². The molecule has 2 atom stereocenters. The SMILES string of the molecule is CO[C@@H]1C[C@H](CNC(=O)c2ccncc2Cl)N(c2ccncn2)C1. The Hall–Kier alpha value is -2.25. The molecule has 3 heterocycles. The van der Waals surface area contributed by atoms with E-state index in [1.54, 1.807) is 25.6 Å². The van der Waals surface area contributed by atoms with Gasteiger partial charge in [-0.15, -0.1) is 0 Å². The fourth-order valence-electron chi connectivity index (χ4n) is 2.84. The zero-order valence-corrected chi connectivity index (χ0v) is 14.0. The lowest BCUT2D eigenvalue weighted by Crippen LogP contribution is -2.40. The number of nitrogens with zero attached hydrogens (tertiary/aromatic N) is 4. The smallest absolute Gasteiger partial charge is 0.252 e. The number of carbonyl (C=O) groups excluding carboxylic acids is 1. The zero-order chi connectivity index (χ0) is 16.9. The second-order valence-electron chi connectivity index (χ2n) is 5.53. The van der Waals surface area contributed by atoms with Gasteiger partial charge in [-0.3, -0.25) is 9.78 Å². The number of hydrogen-bond donors (Lipinski definition) is 1. The van der Waals surface area contributed by atoms with Crippen LogP contribution in [0.4, 0.5) is 5.82 Å². The van der Waals surface area contributed by atoms with Crippen LogP contribution in [0.2, 0.25) is 5.02 Å². The molecule has 1 saturated heterocycles. The van der Waals surface area contributed by atoms with Crippen molar-refractivity contribution in [1.82, 2.24) is 20.3 Å². The van der Waals surface area contributed by atoms with Crippen molar-refractivity contribution in [2.75, 3.05) is 25.1 Å². The monoisotopic (exact) mass is 347 g/mol. The maximum absolute atomic E-state index is 12.3. The molecule has 0 bridgehead atoms. The van der Waals surface area contributed by atoms with Crippen LogP contribution in [-0.4, -0.2) is 53.2 Å². The van der Waals surface area contributed by atoms with Gasteiger partial charge in [0.2, 0.25) is 0 Å². The van der Waals surface area contributed by atoms with E-state index in [1.807, 2.05) is 6.07 Å². The highest BCUT2D eigenvalue weighted by Gasteiger charge is 2.33. The molecule has 126 valence electrons. The van der Waals surface area contributed by atoms with Crippen molar-refractivity contribution < 1.29 is 9.53 Å². The van der Waals surface area contributed by atoms with Crippen molar-refractivity contribution in [3.63, 3.8) is 0 Å². The van der Waals surface area contributed by atoms with Crippen LogP contribution >= 0.6 is 11.6 Å². The Morgan fingerprint density at radius 2 is 2.25 bits per heavy atom. The highest BCUT2D eigenvalue weighted by Crippen LogP contribution is 2.25. The maximum Gasteiger partial charge on any atom is 0.252 e. The Balaban J connectivity index is 1.68. The first-order valence-electron chi connectivity index (χ1n) is 7.62. The first-order chi connectivity index (χ1) is 11.7. The average Bonchev–Trinajstić information content (AvgIpc) is 3.04. The van der Waals surface area contributed by atoms with Crippen LogP contribution in [0.5, 0.6) is 0 Å². The minimum atomic E-state index is -0.217. The molecule has 8 heteroatoms. The predicted molar refractivity (Wildman–Crippen MR) is 90.2 cm³/mol. The van der Waals surface area contributed by atoms with Crippen LogP contribution in [0, 0.1) is 0 Å². The fourth-order valence-corrected chi connectivity index (χ4v) is 3.04. The summed E-state index contributed by atoms with van der Waals surface area (Å²) in [7, 11) is 1.69. The summed E-state index contributed by atoms with van der Waals surface area (Å²) in [5.74, 6) is 0.608. The highest BCUT2D eigenvalue weighted by atomic mass is 35.5. The number of pyridine rings is 1. The molecule has 2 aromatic heterocycles. The molecule has 1 aliphatic rings. The molecule has 1 N–H and O–H groups in total. The van der Waals surface area contributed by atoms with Gasteiger partial charge in [-0.1, -0.05) is 11.6 Å². The average molecular weight is 348 g/mol. The largest absolute Gasteiger partial charge is 0.380 e. The topological polar surface area (TPSA) is 80.2 Å². The van der Waals surface area contributed by atoms with E-state index in [1.165, 1.54) is 12.5 Å². The van der Waals surface area contributed by atoms with Gasteiger partial charge >= 0.3 is 0 Å². The molecule has 0 spiro atoms. The Morgan fingerprint density at radius 3 is 2.96 bits per heavy atom. The van der Waals surface area contributed by atoms with E-state index in [4.69, 9.17) is 16.3 Å². The molecule has 0 saturated carbocycles. The lowest BCUT2D eigenvalue weighted by atomic mass is 10.2. The number of nitrogens with one attached hydrogen (secondary N) is 1. The second kappa shape index (κ2) is 7.55. The number of anilines is 1. The predicted octanol–water partition coefficient (Wildman–Crippen LogP) is 1.55. The number of ether oxygens (including phenoxy) is 1. The molecule has 0 aliphatic carbocycles. The van der Waals surface area contributed by atoms with E-state index >= 15 is 0 Å². The number of amides is 1. The van der Waals surface area contributed by atoms with E-state index in [9.17, 15) is 4.79 Å². The van der Waals surface area contributed by atoms with Gasteiger partial charge in [-0.2, -0.15) is 0 Å². The van der Waals surface area contributed by atoms with Crippen LogP contribution in [0.3, 0.4) is 0 Å². The number of aromatic nitrogens is 3. The van der Waals surface area contributed by atoms with Crippen LogP contribution in [0.1, 0.15) is 16.8 Å². The van der Waals surface area contributed by atoms with Crippen molar-refractivity contribution >= 4 is 23.3 Å². The standard InChI is InChI=1S/C16H18ClN5O2/c1-24-12-6-11(22(9-12)15-3-5-19-10-21-15)7-20-16(23)13-2-4-18-8-14(13)17/h2-5,8,10-12H,6-7,9H2,1H3,(H,20,23)/t11-,12-/m1/s1. The van der Waals surface area contributed by atoms with Gasteiger partial charge in [0, 0.05) is 38.8 Å². The normalized spacial score (nSPS) is 20.2. The van der Waals surface area contributed by atoms with Crippen LogP contribution < -0.4 is 10.2 Å². The Labute approximate surface area is 145 Å². The molecular formula is C16H18ClN5O2. The summed E-state index contributed by atoms with van der Waals surface area (Å²) < 4.78 is 5.48. The van der Waals surface area contributed by atoms with Crippen molar-refractivity contribution in [3.05, 3.63) is 47.6 Å². The van der Waals surface area contributed by atoms with Gasteiger partial charge in [-0.05, 0) is 18.6 Å². The lowest BCUT2D eigenvalue weighted by Gasteiger charge is -2.25. The first-order valence-corrected chi connectivity index (χ1v) is 8.00. The molecule has 1 aliphatic heterocycles. The molecule has 0 radical (unpaired) electrons. The summed E-state index contributed by atoms with van der Waals surface area (Å²) in [5, 5.41) is 3.27. The lowest BCUT2D eigenvalue weighted by molar-refractivity contribution is 0.0946. The molecule has 0 unspecified atom stereocenters. The summed E-state index contributed by atoms with van der Waals surface area (Å²) >= 11 is 6.01. The third kappa shape index (κ3) is 3.63. The van der Waals surface area contributed by atoms with Crippen molar-refractivity contribution in [1.29, 1.82) is 0 Å². The minimum Gasteiger partial charge on any atom is -0.380 e. The van der Waals surface area contributed by atoms with Gasteiger partial charge in [0.15, 0.2) is 0 Å². The van der Waals surface area contributed by atoms with Crippen molar-refractivity contribution in [2.45, 2.75) is 18.6 Å².